The van der Waals surface area contributed by atoms with Crippen molar-refractivity contribution in [2.24, 2.45) is 11.7 Å². The van der Waals surface area contributed by atoms with Crippen molar-refractivity contribution >= 4 is 0 Å². The lowest BCUT2D eigenvalue weighted by Gasteiger charge is -2.26. The smallest absolute Gasteiger partial charge is 0.0704 e. The lowest BCUT2D eigenvalue weighted by Crippen LogP contribution is -2.43. The minimum atomic E-state index is -0.161. The summed E-state index contributed by atoms with van der Waals surface area (Å²) in [4.78, 5) is 2.26. The van der Waals surface area contributed by atoms with E-state index in [9.17, 15) is 5.11 Å². The molecule has 1 aliphatic rings. The molecule has 0 aliphatic carbocycles. The van der Waals surface area contributed by atoms with E-state index in [1.807, 2.05) is 6.92 Å². The van der Waals surface area contributed by atoms with Gasteiger partial charge < -0.3 is 10.8 Å². The van der Waals surface area contributed by atoms with Gasteiger partial charge in [0.25, 0.3) is 0 Å². The van der Waals surface area contributed by atoms with Crippen LogP contribution in [0.4, 0.5) is 0 Å². The molecule has 0 aromatic carbocycles. The Kier molecular flexibility index (Phi) is 3.09. The van der Waals surface area contributed by atoms with Gasteiger partial charge in [-0.1, -0.05) is 6.92 Å². The SMILES string of the molecule is CC(N)C(C)N1CC(C)C(O)C1. The van der Waals surface area contributed by atoms with Crippen LogP contribution in [0.15, 0.2) is 0 Å². The molecule has 3 nitrogen and oxygen atoms in total. The highest BCUT2D eigenvalue weighted by atomic mass is 16.3. The Hall–Kier alpha value is -0.120. The van der Waals surface area contributed by atoms with E-state index in [1.54, 1.807) is 0 Å². The topological polar surface area (TPSA) is 49.5 Å². The van der Waals surface area contributed by atoms with E-state index < -0.39 is 0 Å². The Balaban J connectivity index is 2.45. The van der Waals surface area contributed by atoms with Crippen molar-refractivity contribution < 1.29 is 5.11 Å². The van der Waals surface area contributed by atoms with Gasteiger partial charge in [0, 0.05) is 25.2 Å². The summed E-state index contributed by atoms with van der Waals surface area (Å²) in [5.41, 5.74) is 5.78. The Morgan fingerprint density at radius 1 is 1.42 bits per heavy atom. The number of likely N-dealkylation sites (tertiary alicyclic amines) is 1. The van der Waals surface area contributed by atoms with Gasteiger partial charge >= 0.3 is 0 Å². The first kappa shape index (κ1) is 9.96. The Morgan fingerprint density at radius 3 is 2.33 bits per heavy atom. The standard InChI is InChI=1S/C9H20N2O/c1-6-4-11(5-9(6)12)8(3)7(2)10/h6-9,12H,4-5,10H2,1-3H3. The Bertz CT molecular complexity index is 139. The molecule has 0 aromatic heterocycles. The fourth-order valence-corrected chi connectivity index (χ4v) is 1.65. The number of aliphatic hydroxyl groups excluding tert-OH is 1. The van der Waals surface area contributed by atoms with Gasteiger partial charge in [-0.15, -0.1) is 0 Å². The molecule has 1 aliphatic heterocycles. The summed E-state index contributed by atoms with van der Waals surface area (Å²) in [6, 6.07) is 0.562. The summed E-state index contributed by atoms with van der Waals surface area (Å²) in [6.45, 7) is 7.97. The highest BCUT2D eigenvalue weighted by molar-refractivity contribution is 4.86. The second-order valence-electron chi connectivity index (χ2n) is 4.10. The third kappa shape index (κ3) is 1.97. The van der Waals surface area contributed by atoms with Crippen LogP contribution in [0.5, 0.6) is 0 Å². The molecular weight excluding hydrogens is 152 g/mol. The van der Waals surface area contributed by atoms with Crippen LogP contribution in [0.25, 0.3) is 0 Å². The summed E-state index contributed by atoms with van der Waals surface area (Å²) in [5, 5.41) is 9.52. The predicted molar refractivity (Wildman–Crippen MR) is 49.9 cm³/mol. The van der Waals surface area contributed by atoms with Gasteiger partial charge in [0.1, 0.15) is 0 Å². The summed E-state index contributed by atoms with van der Waals surface area (Å²) in [7, 11) is 0. The van der Waals surface area contributed by atoms with Crippen molar-refractivity contribution in [1.29, 1.82) is 0 Å². The molecule has 1 saturated heterocycles. The van der Waals surface area contributed by atoms with E-state index in [4.69, 9.17) is 5.73 Å². The molecule has 0 saturated carbocycles. The number of β-amino-alcohol motifs (C(OH)–C–C–N with tert-alkyl or cyclic N) is 1. The normalized spacial score (nSPS) is 36.8. The molecule has 0 spiro atoms. The van der Waals surface area contributed by atoms with Crippen molar-refractivity contribution in [2.75, 3.05) is 13.1 Å². The fourth-order valence-electron chi connectivity index (χ4n) is 1.65. The van der Waals surface area contributed by atoms with Crippen LogP contribution in [-0.2, 0) is 0 Å². The first-order chi connectivity index (χ1) is 5.52. The van der Waals surface area contributed by atoms with Crippen molar-refractivity contribution in [1.82, 2.24) is 4.90 Å². The molecule has 12 heavy (non-hydrogen) atoms. The minimum absolute atomic E-state index is 0.161. The maximum absolute atomic E-state index is 9.52. The molecular formula is C9H20N2O. The van der Waals surface area contributed by atoms with Gasteiger partial charge in [0.05, 0.1) is 6.10 Å². The summed E-state index contributed by atoms with van der Waals surface area (Å²) in [5.74, 6) is 0.395. The van der Waals surface area contributed by atoms with Gasteiger partial charge in [-0.2, -0.15) is 0 Å². The molecule has 0 aromatic rings. The minimum Gasteiger partial charge on any atom is -0.391 e. The zero-order valence-corrected chi connectivity index (χ0v) is 8.20. The summed E-state index contributed by atoms with van der Waals surface area (Å²) in [6.07, 6.45) is -0.161. The van der Waals surface area contributed by atoms with Crippen molar-refractivity contribution in [3.05, 3.63) is 0 Å². The molecule has 0 bridgehead atoms. The van der Waals surface area contributed by atoms with Crippen LogP contribution in [0.2, 0.25) is 0 Å². The third-order valence-corrected chi connectivity index (χ3v) is 2.94. The van der Waals surface area contributed by atoms with Crippen LogP contribution < -0.4 is 5.73 Å². The van der Waals surface area contributed by atoms with Gasteiger partial charge in [0.15, 0.2) is 0 Å². The molecule has 3 heteroatoms. The molecule has 1 fully saturated rings. The molecule has 0 radical (unpaired) electrons. The molecule has 4 unspecified atom stereocenters. The van der Waals surface area contributed by atoms with Crippen molar-refractivity contribution in [3.8, 4) is 0 Å². The van der Waals surface area contributed by atoms with Gasteiger partial charge in [-0.05, 0) is 19.8 Å². The lowest BCUT2D eigenvalue weighted by molar-refractivity contribution is 0.140. The summed E-state index contributed by atoms with van der Waals surface area (Å²) < 4.78 is 0. The zero-order chi connectivity index (χ0) is 9.30. The number of hydrogen-bond donors (Lipinski definition) is 2. The lowest BCUT2D eigenvalue weighted by atomic mass is 10.1. The Labute approximate surface area is 74.5 Å². The molecule has 3 N–H and O–H groups in total. The third-order valence-electron chi connectivity index (χ3n) is 2.94. The fraction of sp³-hybridized carbons (Fsp3) is 1.00. The number of hydrogen-bond acceptors (Lipinski definition) is 3. The zero-order valence-electron chi connectivity index (χ0n) is 8.20. The number of nitrogens with two attached hydrogens (primary N) is 1. The maximum atomic E-state index is 9.52. The summed E-state index contributed by atoms with van der Waals surface area (Å²) >= 11 is 0. The molecule has 4 atom stereocenters. The van der Waals surface area contributed by atoms with Crippen LogP contribution in [0, 0.1) is 5.92 Å². The van der Waals surface area contributed by atoms with E-state index >= 15 is 0 Å². The largest absolute Gasteiger partial charge is 0.391 e. The first-order valence-corrected chi connectivity index (χ1v) is 4.70. The molecule has 0 amide bonds. The average molecular weight is 172 g/mol. The van der Waals surface area contributed by atoms with Crippen LogP contribution in [0.3, 0.4) is 0 Å². The van der Waals surface area contributed by atoms with Crippen molar-refractivity contribution in [2.45, 2.75) is 39.0 Å². The average Bonchev–Trinajstić information content (AvgIpc) is 2.30. The van der Waals surface area contributed by atoms with E-state index in [0.717, 1.165) is 13.1 Å². The second kappa shape index (κ2) is 3.73. The van der Waals surface area contributed by atoms with Crippen LogP contribution >= 0.6 is 0 Å². The van der Waals surface area contributed by atoms with Crippen LogP contribution in [-0.4, -0.2) is 41.3 Å². The van der Waals surface area contributed by atoms with Crippen molar-refractivity contribution in [3.63, 3.8) is 0 Å². The Morgan fingerprint density at radius 2 is 2.00 bits per heavy atom. The van der Waals surface area contributed by atoms with Crippen LogP contribution in [0.1, 0.15) is 20.8 Å². The quantitative estimate of drug-likeness (QED) is 0.618. The first-order valence-electron chi connectivity index (χ1n) is 4.70. The number of aliphatic hydroxyl groups is 1. The van der Waals surface area contributed by atoms with E-state index in [0.29, 0.717) is 12.0 Å². The predicted octanol–water partition coefficient (Wildman–Crippen LogP) is 0.0347. The van der Waals surface area contributed by atoms with E-state index in [-0.39, 0.29) is 12.1 Å². The second-order valence-corrected chi connectivity index (χ2v) is 4.10. The monoisotopic (exact) mass is 172 g/mol. The van der Waals surface area contributed by atoms with E-state index in [1.165, 1.54) is 0 Å². The van der Waals surface area contributed by atoms with E-state index in [2.05, 4.69) is 18.7 Å². The van der Waals surface area contributed by atoms with Gasteiger partial charge in [0.2, 0.25) is 0 Å². The molecule has 1 heterocycles. The molecule has 72 valence electrons. The number of rotatable bonds is 2. The highest BCUT2D eigenvalue weighted by Gasteiger charge is 2.31. The van der Waals surface area contributed by atoms with Gasteiger partial charge in [-0.3, -0.25) is 4.90 Å². The van der Waals surface area contributed by atoms with Gasteiger partial charge in [-0.25, -0.2) is 0 Å². The number of nitrogens with zero attached hydrogens (tertiary/aromatic N) is 1. The molecule has 1 rings (SSSR count). The maximum Gasteiger partial charge on any atom is 0.0704 e. The highest BCUT2D eigenvalue weighted by Crippen LogP contribution is 2.19.